The Hall–Kier alpha value is -2.30. The van der Waals surface area contributed by atoms with Crippen LogP contribution < -0.4 is 10.1 Å². The molecule has 1 amide bonds. The van der Waals surface area contributed by atoms with Crippen LogP contribution in [0.1, 0.15) is 31.5 Å². The van der Waals surface area contributed by atoms with Crippen LogP contribution in [0.25, 0.3) is 0 Å². The topological polar surface area (TPSA) is 56.1 Å². The van der Waals surface area contributed by atoms with Crippen LogP contribution in [0.15, 0.2) is 36.7 Å². The molecule has 5 heteroatoms. The van der Waals surface area contributed by atoms with Gasteiger partial charge in [-0.1, -0.05) is 12.8 Å². The largest absolute Gasteiger partial charge is 0.486 e. The first-order chi connectivity index (χ1) is 10.7. The maximum Gasteiger partial charge on any atom is 0.227 e. The molecular formula is C17H21N3O2. The number of carbonyl (C=O) groups excluding carboxylic acids is 1. The van der Waals surface area contributed by atoms with Crippen molar-refractivity contribution >= 4 is 11.6 Å². The average molecular weight is 299 g/mol. The Morgan fingerprint density at radius 1 is 1.32 bits per heavy atom. The minimum Gasteiger partial charge on any atom is -0.486 e. The first-order valence-corrected chi connectivity index (χ1v) is 7.72. The van der Waals surface area contributed by atoms with E-state index in [9.17, 15) is 4.79 Å². The lowest BCUT2D eigenvalue weighted by atomic mass is 10.1. The number of hydrogen-bond donors (Lipinski definition) is 1. The highest BCUT2D eigenvalue weighted by Crippen LogP contribution is 2.26. The predicted molar refractivity (Wildman–Crippen MR) is 84.6 cm³/mol. The van der Waals surface area contributed by atoms with E-state index in [1.54, 1.807) is 6.20 Å². The van der Waals surface area contributed by atoms with E-state index < -0.39 is 0 Å². The molecule has 1 saturated carbocycles. The standard InChI is InChI=1S/C17H21N3O2/c1-20-11-10-18-16(20)12-22-15-8-6-14(7-9-15)19-17(21)13-4-2-3-5-13/h6-11,13H,2-5,12H2,1H3,(H,19,21). The van der Waals surface area contributed by atoms with Crippen LogP contribution in [0.5, 0.6) is 5.75 Å². The van der Waals surface area contributed by atoms with Gasteiger partial charge in [0.25, 0.3) is 0 Å². The van der Waals surface area contributed by atoms with Crippen molar-refractivity contribution in [2.24, 2.45) is 13.0 Å². The molecule has 0 saturated heterocycles. The molecule has 0 atom stereocenters. The summed E-state index contributed by atoms with van der Waals surface area (Å²) >= 11 is 0. The van der Waals surface area contributed by atoms with Crippen molar-refractivity contribution in [2.45, 2.75) is 32.3 Å². The Balaban J connectivity index is 1.53. The molecule has 0 unspecified atom stereocenters. The van der Waals surface area contributed by atoms with Crippen LogP contribution in [0.2, 0.25) is 0 Å². The summed E-state index contributed by atoms with van der Waals surface area (Å²) in [5, 5.41) is 2.98. The number of hydrogen-bond acceptors (Lipinski definition) is 3. The number of imidazole rings is 1. The number of ether oxygens (including phenoxy) is 1. The fourth-order valence-corrected chi connectivity index (χ4v) is 2.75. The van der Waals surface area contributed by atoms with Crippen LogP contribution in [0.3, 0.4) is 0 Å². The van der Waals surface area contributed by atoms with E-state index in [0.717, 1.165) is 42.9 Å². The van der Waals surface area contributed by atoms with Gasteiger partial charge < -0.3 is 14.6 Å². The molecule has 1 heterocycles. The summed E-state index contributed by atoms with van der Waals surface area (Å²) in [6, 6.07) is 7.49. The molecule has 1 aliphatic rings. The summed E-state index contributed by atoms with van der Waals surface area (Å²) in [4.78, 5) is 16.3. The molecule has 0 aliphatic heterocycles. The van der Waals surface area contributed by atoms with E-state index in [1.165, 1.54) is 0 Å². The quantitative estimate of drug-likeness (QED) is 0.923. The van der Waals surface area contributed by atoms with Crippen molar-refractivity contribution in [3.8, 4) is 5.75 Å². The van der Waals surface area contributed by atoms with Crippen LogP contribution in [-0.4, -0.2) is 15.5 Å². The van der Waals surface area contributed by atoms with Gasteiger partial charge in [0.2, 0.25) is 5.91 Å². The van der Waals surface area contributed by atoms with Crippen molar-refractivity contribution in [3.05, 3.63) is 42.5 Å². The zero-order chi connectivity index (χ0) is 15.4. The monoisotopic (exact) mass is 299 g/mol. The Labute approximate surface area is 130 Å². The Morgan fingerprint density at radius 3 is 2.68 bits per heavy atom. The second-order valence-corrected chi connectivity index (χ2v) is 5.74. The fourth-order valence-electron chi connectivity index (χ4n) is 2.75. The maximum atomic E-state index is 12.1. The highest BCUT2D eigenvalue weighted by molar-refractivity contribution is 5.92. The van der Waals surface area contributed by atoms with Gasteiger partial charge in [0.15, 0.2) is 0 Å². The maximum absolute atomic E-state index is 12.1. The highest BCUT2D eigenvalue weighted by atomic mass is 16.5. The van der Waals surface area contributed by atoms with E-state index in [1.807, 2.05) is 42.1 Å². The minimum absolute atomic E-state index is 0.138. The van der Waals surface area contributed by atoms with Gasteiger partial charge in [-0.3, -0.25) is 4.79 Å². The summed E-state index contributed by atoms with van der Waals surface area (Å²) in [6.07, 6.45) is 7.99. The molecule has 0 radical (unpaired) electrons. The van der Waals surface area contributed by atoms with Gasteiger partial charge in [-0.2, -0.15) is 0 Å². The number of nitrogens with zero attached hydrogens (tertiary/aromatic N) is 2. The number of nitrogens with one attached hydrogen (secondary N) is 1. The second kappa shape index (κ2) is 6.64. The number of carbonyl (C=O) groups is 1. The van der Waals surface area contributed by atoms with Crippen molar-refractivity contribution in [1.29, 1.82) is 0 Å². The Bertz CT molecular complexity index is 628. The number of rotatable bonds is 5. The third-order valence-corrected chi connectivity index (χ3v) is 4.14. The van der Waals surface area contributed by atoms with Gasteiger partial charge in [0, 0.05) is 31.0 Å². The number of aryl methyl sites for hydroxylation is 1. The molecule has 0 bridgehead atoms. The zero-order valence-electron chi connectivity index (χ0n) is 12.8. The number of aromatic nitrogens is 2. The van der Waals surface area contributed by atoms with Crippen molar-refractivity contribution in [2.75, 3.05) is 5.32 Å². The summed E-state index contributed by atoms with van der Waals surface area (Å²) in [6.45, 7) is 0.428. The highest BCUT2D eigenvalue weighted by Gasteiger charge is 2.22. The molecule has 5 nitrogen and oxygen atoms in total. The molecule has 1 aromatic carbocycles. The van der Waals surface area contributed by atoms with Crippen LogP contribution in [0.4, 0.5) is 5.69 Å². The minimum atomic E-state index is 0.138. The van der Waals surface area contributed by atoms with E-state index in [0.29, 0.717) is 6.61 Å². The van der Waals surface area contributed by atoms with Gasteiger partial charge in [-0.05, 0) is 37.1 Å². The molecule has 116 valence electrons. The first kappa shape index (κ1) is 14.6. The molecule has 2 aromatic rings. The fraction of sp³-hybridized carbons (Fsp3) is 0.412. The third kappa shape index (κ3) is 3.47. The van der Waals surface area contributed by atoms with Gasteiger partial charge in [0.05, 0.1) is 0 Å². The molecule has 1 N–H and O–H groups in total. The predicted octanol–water partition coefficient (Wildman–Crippen LogP) is 3.13. The lowest BCUT2D eigenvalue weighted by molar-refractivity contribution is -0.119. The smallest absolute Gasteiger partial charge is 0.227 e. The lowest BCUT2D eigenvalue weighted by Gasteiger charge is -2.11. The number of benzene rings is 1. The van der Waals surface area contributed by atoms with Crippen molar-refractivity contribution in [1.82, 2.24) is 9.55 Å². The van der Waals surface area contributed by atoms with Crippen LogP contribution >= 0.6 is 0 Å². The van der Waals surface area contributed by atoms with Gasteiger partial charge >= 0.3 is 0 Å². The second-order valence-electron chi connectivity index (χ2n) is 5.74. The van der Waals surface area contributed by atoms with Crippen LogP contribution in [-0.2, 0) is 18.4 Å². The third-order valence-electron chi connectivity index (χ3n) is 4.14. The molecule has 1 aliphatic carbocycles. The number of anilines is 1. The Kier molecular flexibility index (Phi) is 4.42. The van der Waals surface area contributed by atoms with E-state index >= 15 is 0 Å². The summed E-state index contributed by atoms with van der Waals surface area (Å²) in [5.41, 5.74) is 0.821. The summed E-state index contributed by atoms with van der Waals surface area (Å²) < 4.78 is 7.62. The first-order valence-electron chi connectivity index (χ1n) is 7.72. The van der Waals surface area contributed by atoms with Gasteiger partial charge in [-0.25, -0.2) is 4.98 Å². The Morgan fingerprint density at radius 2 is 2.05 bits per heavy atom. The van der Waals surface area contributed by atoms with Crippen LogP contribution in [0, 0.1) is 5.92 Å². The average Bonchev–Trinajstić information content (AvgIpc) is 3.18. The zero-order valence-corrected chi connectivity index (χ0v) is 12.8. The lowest BCUT2D eigenvalue weighted by Crippen LogP contribution is -2.20. The van der Waals surface area contributed by atoms with Gasteiger partial charge in [0.1, 0.15) is 18.2 Å². The van der Waals surface area contributed by atoms with Gasteiger partial charge in [-0.15, -0.1) is 0 Å². The SMILES string of the molecule is Cn1ccnc1COc1ccc(NC(=O)C2CCCC2)cc1. The summed E-state index contributed by atoms with van der Waals surface area (Å²) in [7, 11) is 1.94. The number of amides is 1. The van der Waals surface area contributed by atoms with E-state index in [2.05, 4.69) is 10.3 Å². The normalized spacial score (nSPS) is 15.0. The van der Waals surface area contributed by atoms with E-state index in [4.69, 9.17) is 4.74 Å². The molecule has 3 rings (SSSR count). The molecular weight excluding hydrogens is 278 g/mol. The van der Waals surface area contributed by atoms with E-state index in [-0.39, 0.29) is 11.8 Å². The molecule has 1 aromatic heterocycles. The molecule has 22 heavy (non-hydrogen) atoms. The summed E-state index contributed by atoms with van der Waals surface area (Å²) in [5.74, 6) is 1.96. The molecule has 1 fully saturated rings. The van der Waals surface area contributed by atoms with Crippen molar-refractivity contribution in [3.63, 3.8) is 0 Å². The molecule has 0 spiro atoms. The van der Waals surface area contributed by atoms with Crippen molar-refractivity contribution < 1.29 is 9.53 Å².